The van der Waals surface area contributed by atoms with Crippen LogP contribution in [-0.4, -0.2) is 64.2 Å². The predicted molar refractivity (Wildman–Crippen MR) is 170 cm³/mol. The molecular formula is C35H43NO7Si. The topological polar surface area (TPSA) is 83.5 Å². The Kier molecular flexibility index (Phi) is 8.30. The molecule has 44 heavy (non-hydrogen) atoms. The van der Waals surface area contributed by atoms with Gasteiger partial charge in [0.2, 0.25) is 0 Å². The largest absolute Gasteiger partial charge is 0.500 e. The Labute approximate surface area is 261 Å². The highest BCUT2D eigenvalue weighted by atomic mass is 28.4. The molecule has 0 radical (unpaired) electrons. The van der Waals surface area contributed by atoms with E-state index in [9.17, 15) is 9.59 Å². The predicted octanol–water partition coefficient (Wildman–Crippen LogP) is 6.30. The number of nitrogens with zero attached hydrogens (tertiary/aromatic N) is 1. The molecule has 0 aromatic heterocycles. The maximum atomic E-state index is 14.6. The first-order chi connectivity index (χ1) is 20.7. The van der Waals surface area contributed by atoms with Crippen molar-refractivity contribution in [3.05, 3.63) is 94.9 Å². The fourth-order valence-corrected chi connectivity index (χ4v) is 8.38. The highest BCUT2D eigenvalue weighted by Crippen LogP contribution is 2.61. The van der Waals surface area contributed by atoms with Crippen LogP contribution in [0.25, 0.3) is 11.1 Å². The molecule has 0 saturated carbocycles. The number of hydrogen-bond donors (Lipinski definition) is 0. The molecule has 0 saturated heterocycles. The average Bonchev–Trinajstić information content (AvgIpc) is 3.44. The van der Waals surface area contributed by atoms with E-state index in [-0.39, 0.29) is 11.3 Å². The van der Waals surface area contributed by atoms with Gasteiger partial charge in [-0.2, -0.15) is 0 Å². The molecule has 2 aromatic carbocycles. The standard InChI is InChI=1S/C35H43NO7Si/c1-33(2,3)42-31(37)29-30(32(38)43-34(4,5)6)36-23(21-22-44(39-7,40-8)41-9)15-14-20-28(36)35(29)26-18-12-10-16-24(26)25-17-11-13-19-27(25)35/h10-20,28H,21-22H2,1-9H3. The lowest BCUT2D eigenvalue weighted by Crippen LogP contribution is -2.47. The van der Waals surface area contributed by atoms with Crippen LogP contribution in [0.2, 0.25) is 6.04 Å². The summed E-state index contributed by atoms with van der Waals surface area (Å²) in [5.41, 5.74) is 2.53. The molecule has 5 rings (SSSR count). The molecule has 2 aliphatic heterocycles. The van der Waals surface area contributed by atoms with Crippen molar-refractivity contribution in [1.82, 2.24) is 4.90 Å². The number of carbonyl (C=O) groups excluding carboxylic acids is 2. The smallest absolute Gasteiger partial charge is 0.457 e. The van der Waals surface area contributed by atoms with Gasteiger partial charge in [-0.15, -0.1) is 0 Å². The van der Waals surface area contributed by atoms with E-state index in [1.54, 1.807) is 21.3 Å². The summed E-state index contributed by atoms with van der Waals surface area (Å²) < 4.78 is 29.4. The normalized spacial score (nSPS) is 18.6. The fourth-order valence-electron chi connectivity index (χ4n) is 6.70. The minimum Gasteiger partial charge on any atom is -0.457 e. The molecule has 3 aliphatic rings. The van der Waals surface area contributed by atoms with Gasteiger partial charge in [0.15, 0.2) is 0 Å². The molecule has 1 unspecified atom stereocenters. The lowest BCUT2D eigenvalue weighted by molar-refractivity contribution is -0.154. The van der Waals surface area contributed by atoms with Gasteiger partial charge in [-0.25, -0.2) is 9.59 Å². The third-order valence-electron chi connectivity index (χ3n) is 8.29. The summed E-state index contributed by atoms with van der Waals surface area (Å²) in [7, 11) is 1.78. The van der Waals surface area contributed by atoms with Gasteiger partial charge in [0, 0.05) is 33.1 Å². The number of fused-ring (bicyclic) bond motifs is 7. The van der Waals surface area contributed by atoms with Crippen molar-refractivity contribution in [3.8, 4) is 11.1 Å². The second-order valence-corrected chi connectivity index (χ2v) is 16.4. The second-order valence-electron chi connectivity index (χ2n) is 13.3. The molecule has 2 aromatic rings. The van der Waals surface area contributed by atoms with Gasteiger partial charge in [-0.1, -0.05) is 60.7 Å². The van der Waals surface area contributed by atoms with E-state index in [2.05, 4.69) is 30.3 Å². The Bertz CT molecular complexity index is 1500. The van der Waals surface area contributed by atoms with Gasteiger partial charge in [0.05, 0.1) is 17.0 Å². The van der Waals surface area contributed by atoms with Crippen LogP contribution in [0.5, 0.6) is 0 Å². The molecule has 1 spiro atoms. The van der Waals surface area contributed by atoms with E-state index < -0.39 is 43.4 Å². The van der Waals surface area contributed by atoms with Crippen LogP contribution in [0, 0.1) is 0 Å². The highest BCUT2D eigenvalue weighted by Gasteiger charge is 2.63. The van der Waals surface area contributed by atoms with Crippen LogP contribution in [0.15, 0.2) is 83.7 Å². The van der Waals surface area contributed by atoms with E-state index in [0.29, 0.717) is 12.5 Å². The van der Waals surface area contributed by atoms with Crippen molar-refractivity contribution >= 4 is 20.7 Å². The Morgan fingerprint density at radius 1 is 0.795 bits per heavy atom. The number of hydrogen-bond acceptors (Lipinski definition) is 8. The van der Waals surface area contributed by atoms with E-state index >= 15 is 0 Å². The summed E-state index contributed by atoms with van der Waals surface area (Å²) in [5.74, 6) is -1.14. The Morgan fingerprint density at radius 2 is 1.30 bits per heavy atom. The molecule has 0 bridgehead atoms. The van der Waals surface area contributed by atoms with E-state index in [1.807, 2.05) is 82.9 Å². The van der Waals surface area contributed by atoms with Gasteiger partial charge >= 0.3 is 20.7 Å². The molecule has 0 fully saturated rings. The van der Waals surface area contributed by atoms with Gasteiger partial charge in [-0.3, -0.25) is 0 Å². The first-order valence-electron chi connectivity index (χ1n) is 15.0. The van der Waals surface area contributed by atoms with Crippen LogP contribution in [0.1, 0.15) is 59.1 Å². The molecule has 0 amide bonds. The minimum absolute atomic E-state index is 0.181. The first kappa shape index (κ1) is 31.9. The number of benzene rings is 2. The van der Waals surface area contributed by atoms with Gasteiger partial charge in [-0.05, 0) is 76.3 Å². The fraction of sp³-hybridized carbons (Fsp3) is 0.429. The summed E-state index contributed by atoms with van der Waals surface area (Å²) in [6, 6.07) is 16.2. The highest BCUT2D eigenvalue weighted by molar-refractivity contribution is 6.60. The third kappa shape index (κ3) is 5.25. The Morgan fingerprint density at radius 3 is 1.80 bits per heavy atom. The Balaban J connectivity index is 1.82. The molecule has 9 heteroatoms. The number of carbonyl (C=O) groups is 2. The van der Waals surface area contributed by atoms with Crippen molar-refractivity contribution in [1.29, 1.82) is 0 Å². The zero-order chi connectivity index (χ0) is 32.1. The number of ether oxygens (including phenoxy) is 2. The first-order valence-corrected chi connectivity index (χ1v) is 16.9. The van der Waals surface area contributed by atoms with Gasteiger partial charge in [0.1, 0.15) is 16.9 Å². The van der Waals surface area contributed by atoms with Crippen LogP contribution in [0.4, 0.5) is 0 Å². The molecule has 0 N–H and O–H groups in total. The summed E-state index contributed by atoms with van der Waals surface area (Å²) in [5, 5.41) is 0. The summed E-state index contributed by atoms with van der Waals surface area (Å²) in [6.45, 7) is 11.0. The number of allylic oxidation sites excluding steroid dienone is 3. The average molecular weight is 618 g/mol. The van der Waals surface area contributed by atoms with Crippen LogP contribution in [0.3, 0.4) is 0 Å². The number of esters is 2. The third-order valence-corrected chi connectivity index (χ3v) is 11.0. The second kappa shape index (κ2) is 11.5. The minimum atomic E-state index is -2.97. The maximum Gasteiger partial charge on any atom is 0.500 e. The quantitative estimate of drug-likeness (QED) is 0.252. The SMILES string of the molecule is CO[Si](CCC1=CC=CC2N1C(C(=O)OC(C)(C)C)=C(C(=O)OC(C)(C)C)C21c2ccccc2-c2ccccc21)(OC)OC. The summed E-state index contributed by atoms with van der Waals surface area (Å²) >= 11 is 0. The van der Waals surface area contributed by atoms with Crippen molar-refractivity contribution in [2.75, 3.05) is 21.3 Å². The molecule has 1 aliphatic carbocycles. The molecule has 2 heterocycles. The molecular weight excluding hydrogens is 574 g/mol. The summed E-state index contributed by atoms with van der Waals surface area (Å²) in [4.78, 5) is 31.0. The van der Waals surface area contributed by atoms with E-state index in [1.165, 1.54) is 0 Å². The van der Waals surface area contributed by atoms with Crippen LogP contribution in [-0.2, 0) is 37.8 Å². The van der Waals surface area contributed by atoms with Crippen molar-refractivity contribution < 1.29 is 32.3 Å². The zero-order valence-electron chi connectivity index (χ0n) is 27.1. The lowest BCUT2D eigenvalue weighted by atomic mass is 9.67. The molecule has 8 nitrogen and oxygen atoms in total. The van der Waals surface area contributed by atoms with Crippen LogP contribution >= 0.6 is 0 Å². The van der Waals surface area contributed by atoms with E-state index in [0.717, 1.165) is 28.0 Å². The van der Waals surface area contributed by atoms with E-state index in [4.69, 9.17) is 22.8 Å². The van der Waals surface area contributed by atoms with Crippen molar-refractivity contribution in [2.24, 2.45) is 0 Å². The van der Waals surface area contributed by atoms with Crippen molar-refractivity contribution in [2.45, 2.75) is 76.7 Å². The lowest BCUT2D eigenvalue weighted by Gasteiger charge is -2.41. The number of rotatable bonds is 8. The monoisotopic (exact) mass is 617 g/mol. The molecule has 1 atom stereocenters. The van der Waals surface area contributed by atoms with Gasteiger partial charge in [0.25, 0.3) is 0 Å². The van der Waals surface area contributed by atoms with Gasteiger partial charge < -0.3 is 27.7 Å². The summed E-state index contributed by atoms with van der Waals surface area (Å²) in [6.07, 6.45) is 6.51. The zero-order valence-corrected chi connectivity index (χ0v) is 28.1. The van der Waals surface area contributed by atoms with Crippen LogP contribution < -0.4 is 0 Å². The Hall–Kier alpha value is -3.50. The molecule has 234 valence electrons. The van der Waals surface area contributed by atoms with Crippen molar-refractivity contribution in [3.63, 3.8) is 0 Å². The maximum absolute atomic E-state index is 14.6.